The van der Waals surface area contributed by atoms with Crippen molar-refractivity contribution in [2.75, 3.05) is 46.4 Å². The molecule has 122 valence electrons. The van der Waals surface area contributed by atoms with Crippen LogP contribution in [-0.4, -0.2) is 62.1 Å². The highest BCUT2D eigenvalue weighted by molar-refractivity contribution is 5.73. The molecule has 1 aromatic carbocycles. The molecule has 5 heteroatoms. The van der Waals surface area contributed by atoms with Gasteiger partial charge in [-0.25, -0.2) is 0 Å². The van der Waals surface area contributed by atoms with E-state index in [0.29, 0.717) is 6.61 Å². The van der Waals surface area contributed by atoms with Gasteiger partial charge in [0.25, 0.3) is 0 Å². The lowest BCUT2D eigenvalue weighted by Gasteiger charge is -2.21. The maximum Gasteiger partial charge on any atom is 0.219 e. The molecule has 0 aliphatic carbocycles. The standard InChI is InChI=1S/C17H26N2O3/c1-15(20)19-11-5-9-18(12-13-19)10-6-14-22-17-8-4-3-7-16(17)21-2/h3-4,7-8H,5-6,9-14H2,1-2H3. The summed E-state index contributed by atoms with van der Waals surface area (Å²) >= 11 is 0. The summed E-state index contributed by atoms with van der Waals surface area (Å²) in [5, 5.41) is 0. The summed E-state index contributed by atoms with van der Waals surface area (Å²) in [5.41, 5.74) is 0. The van der Waals surface area contributed by atoms with E-state index in [1.807, 2.05) is 29.2 Å². The SMILES string of the molecule is COc1ccccc1OCCCN1CCCN(C(C)=O)CC1. The number of para-hydroxylation sites is 2. The van der Waals surface area contributed by atoms with Crippen LogP contribution in [0.4, 0.5) is 0 Å². The van der Waals surface area contributed by atoms with Gasteiger partial charge in [0.15, 0.2) is 11.5 Å². The maximum absolute atomic E-state index is 11.4. The third-order valence-electron chi connectivity index (χ3n) is 3.98. The molecular weight excluding hydrogens is 280 g/mol. The summed E-state index contributed by atoms with van der Waals surface area (Å²) in [7, 11) is 1.65. The lowest BCUT2D eigenvalue weighted by Crippen LogP contribution is -2.34. The fourth-order valence-electron chi connectivity index (χ4n) is 2.72. The quantitative estimate of drug-likeness (QED) is 0.754. The fourth-order valence-corrected chi connectivity index (χ4v) is 2.72. The van der Waals surface area contributed by atoms with Crippen LogP contribution in [0.15, 0.2) is 24.3 Å². The van der Waals surface area contributed by atoms with Gasteiger partial charge in [-0.15, -0.1) is 0 Å². The average Bonchev–Trinajstić information content (AvgIpc) is 2.77. The van der Waals surface area contributed by atoms with E-state index in [-0.39, 0.29) is 5.91 Å². The Balaban J connectivity index is 1.69. The third kappa shape index (κ3) is 4.91. The van der Waals surface area contributed by atoms with Gasteiger partial charge in [0, 0.05) is 33.1 Å². The maximum atomic E-state index is 11.4. The first-order valence-electron chi connectivity index (χ1n) is 7.94. The molecule has 1 aliphatic rings. The summed E-state index contributed by atoms with van der Waals surface area (Å²) in [6.45, 7) is 7.05. The second-order valence-electron chi connectivity index (χ2n) is 5.55. The van der Waals surface area contributed by atoms with Gasteiger partial charge in [-0.2, -0.15) is 0 Å². The molecule has 1 saturated heterocycles. The lowest BCUT2D eigenvalue weighted by atomic mass is 10.3. The molecule has 0 atom stereocenters. The smallest absolute Gasteiger partial charge is 0.219 e. The largest absolute Gasteiger partial charge is 0.493 e. The van der Waals surface area contributed by atoms with E-state index in [9.17, 15) is 4.79 Å². The Labute approximate surface area is 132 Å². The van der Waals surface area contributed by atoms with E-state index in [0.717, 1.165) is 57.1 Å². The van der Waals surface area contributed by atoms with Gasteiger partial charge in [-0.1, -0.05) is 12.1 Å². The van der Waals surface area contributed by atoms with Crippen molar-refractivity contribution in [1.82, 2.24) is 9.80 Å². The molecule has 1 fully saturated rings. The average molecular weight is 306 g/mol. The van der Waals surface area contributed by atoms with E-state index in [2.05, 4.69) is 4.90 Å². The molecule has 1 aliphatic heterocycles. The van der Waals surface area contributed by atoms with Gasteiger partial charge in [-0.3, -0.25) is 4.79 Å². The molecule has 2 rings (SSSR count). The number of carbonyl (C=O) groups is 1. The van der Waals surface area contributed by atoms with Crippen molar-refractivity contribution in [2.24, 2.45) is 0 Å². The highest BCUT2D eigenvalue weighted by Crippen LogP contribution is 2.25. The number of amides is 1. The van der Waals surface area contributed by atoms with Gasteiger partial charge in [-0.05, 0) is 31.5 Å². The monoisotopic (exact) mass is 306 g/mol. The molecule has 1 heterocycles. The zero-order valence-electron chi connectivity index (χ0n) is 13.6. The lowest BCUT2D eigenvalue weighted by molar-refractivity contribution is -0.128. The van der Waals surface area contributed by atoms with Crippen LogP contribution >= 0.6 is 0 Å². The van der Waals surface area contributed by atoms with Gasteiger partial charge < -0.3 is 19.3 Å². The van der Waals surface area contributed by atoms with Crippen LogP contribution in [0.3, 0.4) is 0 Å². The number of nitrogens with zero attached hydrogens (tertiary/aromatic N) is 2. The van der Waals surface area contributed by atoms with Gasteiger partial charge in [0.1, 0.15) is 0 Å². The molecule has 0 bridgehead atoms. The second-order valence-corrected chi connectivity index (χ2v) is 5.55. The minimum absolute atomic E-state index is 0.182. The highest BCUT2D eigenvalue weighted by Gasteiger charge is 2.15. The van der Waals surface area contributed by atoms with Crippen molar-refractivity contribution in [3.8, 4) is 11.5 Å². The van der Waals surface area contributed by atoms with Crippen LogP contribution in [0.1, 0.15) is 19.8 Å². The highest BCUT2D eigenvalue weighted by atomic mass is 16.5. The second kappa shape index (κ2) is 8.63. The number of benzene rings is 1. The first kappa shape index (κ1) is 16.6. The molecule has 0 aromatic heterocycles. The minimum atomic E-state index is 0.182. The molecule has 0 unspecified atom stereocenters. The van der Waals surface area contributed by atoms with E-state index >= 15 is 0 Å². The van der Waals surface area contributed by atoms with Crippen molar-refractivity contribution >= 4 is 5.91 Å². The molecule has 0 spiro atoms. The number of hydrogen-bond acceptors (Lipinski definition) is 4. The molecule has 1 amide bonds. The summed E-state index contributed by atoms with van der Waals surface area (Å²) in [4.78, 5) is 15.8. The number of carbonyl (C=O) groups excluding carboxylic acids is 1. The summed E-state index contributed by atoms with van der Waals surface area (Å²) in [6.07, 6.45) is 2.02. The topological polar surface area (TPSA) is 42.0 Å². The predicted octanol–water partition coefficient (Wildman–Crippen LogP) is 2.02. The Bertz CT molecular complexity index is 479. The Morgan fingerprint density at radius 2 is 1.91 bits per heavy atom. The van der Waals surface area contributed by atoms with E-state index in [4.69, 9.17) is 9.47 Å². The van der Waals surface area contributed by atoms with Crippen LogP contribution in [0.25, 0.3) is 0 Å². The van der Waals surface area contributed by atoms with Gasteiger partial charge >= 0.3 is 0 Å². The number of hydrogen-bond donors (Lipinski definition) is 0. The number of methoxy groups -OCH3 is 1. The van der Waals surface area contributed by atoms with E-state index in [1.165, 1.54) is 0 Å². The zero-order valence-corrected chi connectivity index (χ0v) is 13.6. The van der Waals surface area contributed by atoms with E-state index < -0.39 is 0 Å². The number of ether oxygens (including phenoxy) is 2. The van der Waals surface area contributed by atoms with Gasteiger partial charge in [0.2, 0.25) is 5.91 Å². The molecule has 0 saturated carbocycles. The van der Waals surface area contributed by atoms with Crippen LogP contribution in [-0.2, 0) is 4.79 Å². The van der Waals surface area contributed by atoms with Crippen molar-refractivity contribution in [1.29, 1.82) is 0 Å². The Hall–Kier alpha value is -1.75. The normalized spacial score (nSPS) is 16.2. The molecule has 5 nitrogen and oxygen atoms in total. The van der Waals surface area contributed by atoms with Gasteiger partial charge in [0.05, 0.1) is 13.7 Å². The first-order valence-corrected chi connectivity index (χ1v) is 7.94. The molecule has 0 N–H and O–H groups in total. The van der Waals surface area contributed by atoms with Crippen molar-refractivity contribution < 1.29 is 14.3 Å². The first-order chi connectivity index (χ1) is 10.7. The summed E-state index contributed by atoms with van der Waals surface area (Å²) in [6, 6.07) is 7.71. The Morgan fingerprint density at radius 3 is 2.64 bits per heavy atom. The predicted molar refractivity (Wildman–Crippen MR) is 86.4 cm³/mol. The van der Waals surface area contributed by atoms with Crippen LogP contribution in [0.2, 0.25) is 0 Å². The molecule has 1 aromatic rings. The van der Waals surface area contributed by atoms with Crippen LogP contribution < -0.4 is 9.47 Å². The van der Waals surface area contributed by atoms with Crippen molar-refractivity contribution in [2.45, 2.75) is 19.8 Å². The van der Waals surface area contributed by atoms with E-state index in [1.54, 1.807) is 14.0 Å². The fraction of sp³-hybridized carbons (Fsp3) is 0.588. The summed E-state index contributed by atoms with van der Waals surface area (Å²) < 4.78 is 11.1. The third-order valence-corrected chi connectivity index (χ3v) is 3.98. The Morgan fingerprint density at radius 1 is 1.14 bits per heavy atom. The zero-order chi connectivity index (χ0) is 15.8. The van der Waals surface area contributed by atoms with Crippen molar-refractivity contribution in [3.63, 3.8) is 0 Å². The molecule has 22 heavy (non-hydrogen) atoms. The van der Waals surface area contributed by atoms with Crippen LogP contribution in [0, 0.1) is 0 Å². The van der Waals surface area contributed by atoms with Crippen molar-refractivity contribution in [3.05, 3.63) is 24.3 Å². The number of rotatable bonds is 6. The Kier molecular flexibility index (Phi) is 6.52. The molecular formula is C17H26N2O3. The molecule has 0 radical (unpaired) electrons. The van der Waals surface area contributed by atoms with Crippen LogP contribution in [0.5, 0.6) is 11.5 Å². The minimum Gasteiger partial charge on any atom is -0.493 e. The summed E-state index contributed by atoms with van der Waals surface area (Å²) in [5.74, 6) is 1.75.